The molecule has 82 heavy (non-hydrogen) atoms. The van der Waals surface area contributed by atoms with Crippen molar-refractivity contribution in [2.24, 2.45) is 0 Å². The van der Waals surface area contributed by atoms with Crippen LogP contribution in [0.4, 0.5) is 0 Å². The second-order valence-electron chi connectivity index (χ2n) is 23.1. The number of hydrogen-bond donors (Lipinski definition) is 0. The Hall–Kier alpha value is -3.59. The van der Waals surface area contributed by atoms with Crippen LogP contribution in [0, 0.1) is 0 Å². The summed E-state index contributed by atoms with van der Waals surface area (Å²) in [5, 5.41) is 0. The maximum Gasteiger partial charge on any atom is 0.306 e. The molecule has 2 unspecified atom stereocenters. The van der Waals surface area contributed by atoms with Crippen LogP contribution in [0.1, 0.15) is 271 Å². The Morgan fingerprint density at radius 3 is 1.04 bits per heavy atom. The summed E-state index contributed by atoms with van der Waals surface area (Å²) in [6.07, 6.45) is 88.3. The Labute approximate surface area is 505 Å². The minimum Gasteiger partial charge on any atom is -0.756 e. The average Bonchev–Trinajstić information content (AvgIpc) is 3.45. The smallest absolute Gasteiger partial charge is 0.306 e. The number of phosphoric acid groups is 1. The summed E-state index contributed by atoms with van der Waals surface area (Å²) in [6, 6.07) is 0. The highest BCUT2D eigenvalue weighted by molar-refractivity contribution is 7.45. The lowest BCUT2D eigenvalue weighted by molar-refractivity contribution is -0.870. The largest absolute Gasteiger partial charge is 0.756 e. The van der Waals surface area contributed by atoms with Gasteiger partial charge in [-0.3, -0.25) is 14.2 Å². The molecule has 0 amide bonds. The van der Waals surface area contributed by atoms with Crippen LogP contribution in [0.2, 0.25) is 0 Å². The van der Waals surface area contributed by atoms with E-state index in [0.717, 1.165) is 103 Å². The number of rotatable bonds is 60. The number of hydrogen-bond acceptors (Lipinski definition) is 8. The maximum absolute atomic E-state index is 12.8. The summed E-state index contributed by atoms with van der Waals surface area (Å²) >= 11 is 0. The Morgan fingerprint density at radius 2 is 0.695 bits per heavy atom. The van der Waals surface area contributed by atoms with E-state index in [1.165, 1.54) is 135 Å². The molecule has 0 aliphatic rings. The van der Waals surface area contributed by atoms with Gasteiger partial charge in [-0.1, -0.05) is 270 Å². The van der Waals surface area contributed by atoms with E-state index in [1.54, 1.807) is 0 Å². The normalized spacial score (nSPS) is 14.0. The molecule has 0 aliphatic heterocycles. The van der Waals surface area contributed by atoms with Gasteiger partial charge in [-0.2, -0.15) is 0 Å². The van der Waals surface area contributed by atoms with Gasteiger partial charge in [0.25, 0.3) is 7.82 Å². The third-order valence-electron chi connectivity index (χ3n) is 14.0. The quantitative estimate of drug-likeness (QED) is 0.0195. The molecule has 9 nitrogen and oxygen atoms in total. The highest BCUT2D eigenvalue weighted by atomic mass is 31.2. The standard InChI is InChI=1S/C72H124NO8P/c1-6-8-10-12-14-16-18-20-22-24-26-28-30-31-32-33-34-35-36-37-38-39-40-41-43-45-47-49-51-53-55-57-59-61-63-65-72(75)81-70(69-80-82(76,77)79-67-66-73(3,4)5)68-78-71(74)64-62-60-58-56-54-52-50-48-46-44-42-29-27-25-23-21-19-17-15-13-11-9-7-2/h8,10,14,16,19-22,25-28,31-32,34-35,37-38,40-41,70H,6-7,9,11-13,15,17-18,23-24,29-30,33,36,39,42-69H2,1-5H3/b10-8-,16-14-,21-19-,22-20-,27-25-,28-26-,32-31-,35-34-,38-37-,41-40-. The van der Waals surface area contributed by atoms with Crippen molar-refractivity contribution in [2.45, 2.75) is 277 Å². The van der Waals surface area contributed by atoms with Gasteiger partial charge in [-0.25, -0.2) is 0 Å². The molecule has 0 saturated heterocycles. The molecule has 0 saturated carbocycles. The molecule has 0 aliphatic carbocycles. The lowest BCUT2D eigenvalue weighted by Gasteiger charge is -2.28. The molecule has 0 radical (unpaired) electrons. The van der Waals surface area contributed by atoms with Crippen molar-refractivity contribution in [3.8, 4) is 0 Å². The Kier molecular flexibility index (Phi) is 59.2. The third kappa shape index (κ3) is 65.6. The second-order valence-corrected chi connectivity index (χ2v) is 24.5. The monoisotopic (exact) mass is 1160 g/mol. The van der Waals surface area contributed by atoms with Gasteiger partial charge >= 0.3 is 11.9 Å². The highest BCUT2D eigenvalue weighted by Crippen LogP contribution is 2.38. The molecule has 0 aromatic heterocycles. The third-order valence-corrected chi connectivity index (χ3v) is 14.9. The molecule has 0 aromatic rings. The minimum absolute atomic E-state index is 0.0371. The van der Waals surface area contributed by atoms with E-state index in [1.807, 2.05) is 21.1 Å². The van der Waals surface area contributed by atoms with E-state index in [9.17, 15) is 19.0 Å². The van der Waals surface area contributed by atoms with Crippen LogP contribution in [0.15, 0.2) is 122 Å². The zero-order chi connectivity index (χ0) is 59.8. The van der Waals surface area contributed by atoms with Crippen LogP contribution in [-0.2, 0) is 32.7 Å². The summed E-state index contributed by atoms with van der Waals surface area (Å²) in [5.74, 6) is -0.841. The van der Waals surface area contributed by atoms with Gasteiger partial charge in [0.2, 0.25) is 0 Å². The van der Waals surface area contributed by atoms with Gasteiger partial charge in [0.1, 0.15) is 19.8 Å². The molecule has 10 heteroatoms. The maximum atomic E-state index is 12.8. The molecule has 0 fully saturated rings. The number of phosphoric ester groups is 1. The van der Waals surface area contributed by atoms with Crippen LogP contribution < -0.4 is 4.89 Å². The first kappa shape index (κ1) is 78.4. The molecule has 0 N–H and O–H groups in total. The number of likely N-dealkylation sites (N-methyl/N-ethyl adjacent to an activating group) is 1. The fraction of sp³-hybridized carbons (Fsp3) is 0.694. The summed E-state index contributed by atoms with van der Waals surface area (Å²) in [6.45, 7) is 4.12. The number of carbonyl (C=O) groups is 2. The predicted molar refractivity (Wildman–Crippen MR) is 351 cm³/mol. The first-order valence-corrected chi connectivity index (χ1v) is 34.7. The zero-order valence-electron chi connectivity index (χ0n) is 53.4. The first-order chi connectivity index (χ1) is 40.0. The van der Waals surface area contributed by atoms with Crippen molar-refractivity contribution < 1.29 is 42.1 Å². The number of esters is 2. The number of ether oxygens (including phenoxy) is 2. The zero-order valence-corrected chi connectivity index (χ0v) is 54.3. The molecule has 0 spiro atoms. The molecule has 0 heterocycles. The summed E-state index contributed by atoms with van der Waals surface area (Å²) in [7, 11) is 1.15. The van der Waals surface area contributed by atoms with Gasteiger partial charge in [-0.05, 0) is 109 Å². The van der Waals surface area contributed by atoms with Crippen molar-refractivity contribution in [1.29, 1.82) is 0 Å². The SMILES string of the molecule is CC/C=C\C/C=C\C/C=C\C/C=C\C/C=C\C/C=C\C/C=C\C/C=C\CCCCCCCCCCCCC(=O)OC(COC(=O)CCCCCCCCCCCCC/C=C\C/C=C\CCCCCCC)COP(=O)([O-])OCC[N+](C)(C)C. The van der Waals surface area contributed by atoms with Gasteiger partial charge < -0.3 is 27.9 Å². The van der Waals surface area contributed by atoms with E-state index >= 15 is 0 Å². The van der Waals surface area contributed by atoms with E-state index in [2.05, 4.69) is 135 Å². The first-order valence-electron chi connectivity index (χ1n) is 33.2. The summed E-state index contributed by atoms with van der Waals surface area (Å²) in [4.78, 5) is 38.0. The number of nitrogens with zero attached hydrogens (tertiary/aromatic N) is 1. The Balaban J connectivity index is 4.13. The van der Waals surface area contributed by atoms with Gasteiger partial charge in [-0.15, -0.1) is 0 Å². The topological polar surface area (TPSA) is 111 Å². The molecule has 470 valence electrons. The van der Waals surface area contributed by atoms with Crippen LogP contribution in [0.5, 0.6) is 0 Å². The van der Waals surface area contributed by atoms with Gasteiger partial charge in [0.05, 0.1) is 27.7 Å². The molecule has 0 bridgehead atoms. The lowest BCUT2D eigenvalue weighted by Crippen LogP contribution is -2.37. The fourth-order valence-corrected chi connectivity index (χ4v) is 9.61. The average molecular weight is 1160 g/mol. The Bertz CT molecular complexity index is 1800. The minimum atomic E-state index is -4.65. The van der Waals surface area contributed by atoms with Crippen molar-refractivity contribution >= 4 is 19.8 Å². The second kappa shape index (κ2) is 62.0. The number of allylic oxidation sites excluding steroid dienone is 20. The van der Waals surface area contributed by atoms with E-state index in [-0.39, 0.29) is 32.0 Å². The van der Waals surface area contributed by atoms with Crippen molar-refractivity contribution in [3.05, 3.63) is 122 Å². The summed E-state index contributed by atoms with van der Waals surface area (Å²) < 4.78 is 34.3. The number of unbranched alkanes of at least 4 members (excludes halogenated alkanes) is 26. The molecular formula is C72H124NO8P. The van der Waals surface area contributed by atoms with Crippen molar-refractivity contribution in [1.82, 2.24) is 0 Å². The Morgan fingerprint density at radius 1 is 0.390 bits per heavy atom. The van der Waals surface area contributed by atoms with Crippen LogP contribution in [0.25, 0.3) is 0 Å². The van der Waals surface area contributed by atoms with E-state index < -0.39 is 26.5 Å². The van der Waals surface area contributed by atoms with Crippen LogP contribution in [0.3, 0.4) is 0 Å². The van der Waals surface area contributed by atoms with Crippen molar-refractivity contribution in [3.63, 3.8) is 0 Å². The molecular weight excluding hydrogens is 1040 g/mol. The highest BCUT2D eigenvalue weighted by Gasteiger charge is 2.22. The van der Waals surface area contributed by atoms with Gasteiger partial charge in [0.15, 0.2) is 6.10 Å². The molecule has 0 aromatic carbocycles. The number of quaternary nitrogens is 1. The summed E-state index contributed by atoms with van der Waals surface area (Å²) in [5.41, 5.74) is 0. The van der Waals surface area contributed by atoms with E-state index in [0.29, 0.717) is 17.4 Å². The molecule has 0 rings (SSSR count). The van der Waals surface area contributed by atoms with E-state index in [4.69, 9.17) is 18.5 Å². The number of carbonyl (C=O) groups excluding carboxylic acids is 2. The van der Waals surface area contributed by atoms with Gasteiger partial charge in [0, 0.05) is 12.8 Å². The predicted octanol–water partition coefficient (Wildman–Crippen LogP) is 20.9. The van der Waals surface area contributed by atoms with Crippen molar-refractivity contribution in [2.75, 3.05) is 47.5 Å². The van der Waals surface area contributed by atoms with Crippen LogP contribution >= 0.6 is 7.82 Å². The van der Waals surface area contributed by atoms with Crippen LogP contribution in [-0.4, -0.2) is 70.0 Å². The molecule has 2 atom stereocenters. The lowest BCUT2D eigenvalue weighted by atomic mass is 10.0. The fourth-order valence-electron chi connectivity index (χ4n) is 8.88.